The molecular weight excluding hydrogens is 464 g/mol. The second-order valence-electron chi connectivity index (χ2n) is 6.60. The Morgan fingerprint density at radius 2 is 2.12 bits per heavy atom. The van der Waals surface area contributed by atoms with E-state index in [0.717, 1.165) is 11.3 Å². The summed E-state index contributed by atoms with van der Waals surface area (Å²) in [5, 5.41) is 11.8. The second kappa shape index (κ2) is 10.9. The lowest BCUT2D eigenvalue weighted by molar-refractivity contribution is -0.113. The minimum Gasteiger partial charge on any atom is -0.462 e. The lowest BCUT2D eigenvalue weighted by Gasteiger charge is -2.08. The standard InChI is InChI=1S/C21H22N6O4S2/c1-4-10-27-18(13-8-6-7-9-23-13)25-26-21(27)32-11-14(28)24-19-15(20(30)31-5-2)12(3)16(33-19)17(22)29/h4,6-9H,1,5,10-11H2,2-3H3,(H2,22,29)(H,24,28). The maximum atomic E-state index is 12.7. The smallest absolute Gasteiger partial charge is 0.341 e. The van der Waals surface area contributed by atoms with Crippen LogP contribution in [-0.2, 0) is 16.1 Å². The van der Waals surface area contributed by atoms with Gasteiger partial charge in [-0.25, -0.2) is 4.79 Å². The molecule has 0 aliphatic heterocycles. The molecule has 3 aromatic heterocycles. The molecule has 0 fully saturated rings. The monoisotopic (exact) mass is 486 g/mol. The third-order valence-electron chi connectivity index (χ3n) is 4.36. The molecule has 0 atom stereocenters. The topological polar surface area (TPSA) is 142 Å². The highest BCUT2D eigenvalue weighted by Crippen LogP contribution is 2.34. The van der Waals surface area contributed by atoms with Crippen LogP contribution in [0.1, 0.15) is 32.5 Å². The normalized spacial score (nSPS) is 10.6. The van der Waals surface area contributed by atoms with E-state index in [4.69, 9.17) is 10.5 Å². The molecule has 10 nitrogen and oxygen atoms in total. The first-order valence-corrected chi connectivity index (χ1v) is 11.7. The molecule has 3 N–H and O–H groups in total. The SMILES string of the molecule is C=CCn1c(SCC(=O)Nc2sc(C(N)=O)c(C)c2C(=O)OCC)nnc1-c1ccccn1. The second-order valence-corrected chi connectivity index (χ2v) is 8.57. The molecule has 0 saturated carbocycles. The number of esters is 1. The Bertz CT molecular complexity index is 1190. The van der Waals surface area contributed by atoms with Crippen LogP contribution in [0.15, 0.2) is 42.2 Å². The third-order valence-corrected chi connectivity index (χ3v) is 6.55. The van der Waals surface area contributed by atoms with Crippen molar-refractivity contribution in [2.45, 2.75) is 25.5 Å². The molecule has 0 radical (unpaired) electrons. The van der Waals surface area contributed by atoms with Crippen LogP contribution in [-0.4, -0.2) is 49.9 Å². The summed E-state index contributed by atoms with van der Waals surface area (Å²) in [6.45, 7) is 7.61. The first-order chi connectivity index (χ1) is 15.9. The zero-order chi connectivity index (χ0) is 24.0. The Morgan fingerprint density at radius 1 is 1.33 bits per heavy atom. The lowest BCUT2D eigenvalue weighted by Crippen LogP contribution is -2.17. The molecule has 33 heavy (non-hydrogen) atoms. The van der Waals surface area contributed by atoms with Gasteiger partial charge in [0.1, 0.15) is 10.7 Å². The number of anilines is 1. The first-order valence-electron chi connectivity index (χ1n) is 9.85. The number of hydrogen-bond donors (Lipinski definition) is 2. The fraction of sp³-hybridized carbons (Fsp3) is 0.238. The molecule has 2 amide bonds. The molecule has 0 unspecified atom stereocenters. The summed E-state index contributed by atoms with van der Waals surface area (Å²) >= 11 is 2.11. The van der Waals surface area contributed by atoms with E-state index in [1.54, 1.807) is 36.8 Å². The fourth-order valence-electron chi connectivity index (χ4n) is 2.95. The van der Waals surface area contributed by atoms with E-state index >= 15 is 0 Å². The summed E-state index contributed by atoms with van der Waals surface area (Å²) in [6, 6.07) is 5.47. The number of allylic oxidation sites excluding steroid dienone is 1. The van der Waals surface area contributed by atoms with Gasteiger partial charge in [0, 0.05) is 12.7 Å². The number of thiophene rings is 1. The number of pyridine rings is 1. The summed E-state index contributed by atoms with van der Waals surface area (Å²) < 4.78 is 6.87. The van der Waals surface area contributed by atoms with E-state index in [-0.39, 0.29) is 27.8 Å². The molecular formula is C21H22N6O4S2. The maximum Gasteiger partial charge on any atom is 0.341 e. The molecule has 12 heteroatoms. The number of carbonyl (C=O) groups excluding carboxylic acids is 3. The van der Waals surface area contributed by atoms with Crippen LogP contribution in [0.3, 0.4) is 0 Å². The van der Waals surface area contributed by atoms with Crippen molar-refractivity contribution in [3.63, 3.8) is 0 Å². The Labute approximate surface area is 198 Å². The van der Waals surface area contributed by atoms with Gasteiger partial charge in [-0.05, 0) is 31.5 Å². The lowest BCUT2D eigenvalue weighted by atomic mass is 10.1. The van der Waals surface area contributed by atoms with Gasteiger partial charge in [0.15, 0.2) is 11.0 Å². The first kappa shape index (κ1) is 24.1. The highest BCUT2D eigenvalue weighted by molar-refractivity contribution is 7.99. The predicted octanol–water partition coefficient (Wildman–Crippen LogP) is 2.90. The minimum absolute atomic E-state index is 0.0113. The van der Waals surface area contributed by atoms with Crippen molar-refractivity contribution in [1.82, 2.24) is 19.7 Å². The van der Waals surface area contributed by atoms with Crippen LogP contribution < -0.4 is 11.1 Å². The van der Waals surface area contributed by atoms with Gasteiger partial charge in [-0.3, -0.25) is 19.1 Å². The Balaban J connectivity index is 1.78. The largest absolute Gasteiger partial charge is 0.462 e. The minimum atomic E-state index is -0.683. The number of nitrogens with two attached hydrogens (primary N) is 1. The van der Waals surface area contributed by atoms with Crippen molar-refractivity contribution in [3.05, 3.63) is 53.1 Å². The number of aromatic nitrogens is 4. The molecule has 3 aromatic rings. The molecule has 0 saturated heterocycles. The van der Waals surface area contributed by atoms with Crippen LogP contribution in [0, 0.1) is 6.92 Å². The maximum absolute atomic E-state index is 12.7. The van der Waals surface area contributed by atoms with Gasteiger partial charge in [-0.1, -0.05) is 23.9 Å². The Hall–Kier alpha value is -3.51. The van der Waals surface area contributed by atoms with Crippen molar-refractivity contribution in [2.75, 3.05) is 17.7 Å². The summed E-state index contributed by atoms with van der Waals surface area (Å²) in [5.41, 5.74) is 6.55. The number of primary amides is 1. The van der Waals surface area contributed by atoms with Crippen LogP contribution >= 0.6 is 23.1 Å². The number of amides is 2. The van der Waals surface area contributed by atoms with Crippen LogP contribution in [0.4, 0.5) is 5.00 Å². The van der Waals surface area contributed by atoms with Crippen LogP contribution in [0.2, 0.25) is 0 Å². The fourth-order valence-corrected chi connectivity index (χ4v) is 4.76. The van der Waals surface area contributed by atoms with Crippen LogP contribution in [0.25, 0.3) is 11.5 Å². The van der Waals surface area contributed by atoms with Crippen molar-refractivity contribution in [2.24, 2.45) is 5.73 Å². The van der Waals surface area contributed by atoms with Crippen LogP contribution in [0.5, 0.6) is 0 Å². The molecule has 172 valence electrons. The third kappa shape index (κ3) is 5.46. The van der Waals surface area contributed by atoms with Crippen molar-refractivity contribution in [3.8, 4) is 11.5 Å². The zero-order valence-corrected chi connectivity index (χ0v) is 19.7. The number of nitrogens with one attached hydrogen (secondary N) is 1. The van der Waals surface area contributed by atoms with Crippen molar-refractivity contribution < 1.29 is 19.1 Å². The van der Waals surface area contributed by atoms with E-state index in [1.807, 2.05) is 12.1 Å². The quantitative estimate of drug-likeness (QED) is 0.253. The molecule has 0 bridgehead atoms. The highest BCUT2D eigenvalue weighted by Gasteiger charge is 2.26. The Kier molecular flexibility index (Phi) is 7.96. The molecule has 3 heterocycles. The molecule has 0 aliphatic carbocycles. The zero-order valence-electron chi connectivity index (χ0n) is 18.0. The van der Waals surface area contributed by atoms with Gasteiger partial charge in [0.05, 0.1) is 22.8 Å². The molecule has 0 aromatic carbocycles. The van der Waals surface area contributed by atoms with Gasteiger partial charge < -0.3 is 15.8 Å². The van der Waals surface area contributed by atoms with E-state index in [0.29, 0.717) is 28.8 Å². The van der Waals surface area contributed by atoms with Gasteiger partial charge in [0.2, 0.25) is 5.91 Å². The predicted molar refractivity (Wildman–Crippen MR) is 126 cm³/mol. The van der Waals surface area contributed by atoms with Gasteiger partial charge in [0.25, 0.3) is 5.91 Å². The van der Waals surface area contributed by atoms with E-state index in [9.17, 15) is 14.4 Å². The average Bonchev–Trinajstić information content (AvgIpc) is 3.34. The van der Waals surface area contributed by atoms with E-state index in [1.165, 1.54) is 11.8 Å². The summed E-state index contributed by atoms with van der Waals surface area (Å²) in [4.78, 5) is 41.2. The number of rotatable bonds is 10. The van der Waals surface area contributed by atoms with Crippen molar-refractivity contribution in [1.29, 1.82) is 0 Å². The number of nitrogens with zero attached hydrogens (tertiary/aromatic N) is 4. The Morgan fingerprint density at radius 3 is 2.76 bits per heavy atom. The number of hydrogen-bond acceptors (Lipinski definition) is 9. The van der Waals surface area contributed by atoms with E-state index < -0.39 is 17.8 Å². The molecule has 0 aliphatic rings. The number of thioether (sulfide) groups is 1. The van der Waals surface area contributed by atoms with Gasteiger partial charge >= 0.3 is 5.97 Å². The number of ether oxygens (including phenoxy) is 1. The number of carbonyl (C=O) groups is 3. The summed E-state index contributed by atoms with van der Waals surface area (Å²) in [7, 11) is 0. The van der Waals surface area contributed by atoms with Crippen molar-refractivity contribution >= 4 is 45.9 Å². The summed E-state index contributed by atoms with van der Waals surface area (Å²) in [6.07, 6.45) is 3.36. The average molecular weight is 487 g/mol. The van der Waals surface area contributed by atoms with E-state index in [2.05, 4.69) is 27.1 Å². The summed E-state index contributed by atoms with van der Waals surface area (Å²) in [5.74, 6) is -1.16. The van der Waals surface area contributed by atoms with Gasteiger partial charge in [-0.2, -0.15) is 0 Å². The molecule has 3 rings (SSSR count). The van der Waals surface area contributed by atoms with Gasteiger partial charge in [-0.15, -0.1) is 28.1 Å². The highest BCUT2D eigenvalue weighted by atomic mass is 32.2. The molecule has 0 spiro atoms.